The first-order valence-electron chi connectivity index (χ1n) is 6.02. The van der Waals surface area contributed by atoms with Crippen molar-refractivity contribution in [3.8, 4) is 5.75 Å². The maximum Gasteiger partial charge on any atom is 0.262 e. The van der Waals surface area contributed by atoms with Crippen LogP contribution in [0.15, 0.2) is 41.5 Å². The van der Waals surface area contributed by atoms with E-state index in [1.54, 1.807) is 10.8 Å². The third-order valence-corrected chi connectivity index (χ3v) is 2.81. The highest BCUT2D eigenvalue weighted by Crippen LogP contribution is 2.20. The number of aromatic nitrogens is 1. The van der Waals surface area contributed by atoms with E-state index in [1.165, 1.54) is 24.4 Å². The molecular weight excluding hydrogens is 263 g/mol. The Kier molecular flexibility index (Phi) is 3.84. The summed E-state index contributed by atoms with van der Waals surface area (Å²) < 4.78 is 15.2. The summed E-state index contributed by atoms with van der Waals surface area (Å²) in [5.74, 6) is -2.20. The quantitative estimate of drug-likeness (QED) is 0.900. The lowest BCUT2D eigenvalue weighted by molar-refractivity contribution is 0.102. The van der Waals surface area contributed by atoms with Crippen molar-refractivity contribution in [3.63, 3.8) is 0 Å². The number of anilines is 1. The molecule has 0 fully saturated rings. The average molecular weight is 276 g/mol. The van der Waals surface area contributed by atoms with Crippen LogP contribution in [0.5, 0.6) is 5.75 Å². The number of aromatic hydroxyl groups is 1. The normalized spacial score (nSPS) is 10.3. The number of hydrogen-bond acceptors (Lipinski definition) is 3. The van der Waals surface area contributed by atoms with E-state index in [0.29, 0.717) is 6.54 Å². The summed E-state index contributed by atoms with van der Waals surface area (Å²) in [6, 6.07) is 4.85. The first kappa shape index (κ1) is 13.8. The van der Waals surface area contributed by atoms with Crippen LogP contribution >= 0.6 is 0 Å². The van der Waals surface area contributed by atoms with Crippen molar-refractivity contribution in [2.75, 3.05) is 5.32 Å². The van der Waals surface area contributed by atoms with Gasteiger partial charge >= 0.3 is 0 Å². The van der Waals surface area contributed by atoms with Gasteiger partial charge in [0.1, 0.15) is 22.8 Å². The van der Waals surface area contributed by atoms with Gasteiger partial charge in [0.05, 0.1) is 0 Å². The fourth-order valence-corrected chi connectivity index (χ4v) is 1.74. The summed E-state index contributed by atoms with van der Waals surface area (Å²) >= 11 is 0. The predicted molar refractivity (Wildman–Crippen MR) is 72.4 cm³/mol. The van der Waals surface area contributed by atoms with Crippen molar-refractivity contribution >= 4 is 11.6 Å². The molecule has 0 aliphatic heterocycles. The zero-order valence-corrected chi connectivity index (χ0v) is 10.8. The summed E-state index contributed by atoms with van der Waals surface area (Å²) in [7, 11) is 0. The Bertz CT molecular complexity index is 690. The third-order valence-electron chi connectivity index (χ3n) is 2.81. The molecule has 2 aromatic rings. The third kappa shape index (κ3) is 2.69. The van der Waals surface area contributed by atoms with Crippen LogP contribution < -0.4 is 10.7 Å². The van der Waals surface area contributed by atoms with E-state index in [9.17, 15) is 19.1 Å². The lowest BCUT2D eigenvalue weighted by Gasteiger charge is -2.09. The maximum absolute atomic E-state index is 13.5. The second-order valence-corrected chi connectivity index (χ2v) is 4.14. The standard InChI is InChI=1S/C14H13FN2O3/c1-2-17-7-6-11(18)10(8-17)16-14(20)13-9(15)4-3-5-12(13)19/h3-8,19H,2H2,1H3,(H,16,20). The minimum absolute atomic E-state index is 0.0296. The Morgan fingerprint density at radius 1 is 1.40 bits per heavy atom. The Labute approximate surface area is 114 Å². The Morgan fingerprint density at radius 3 is 2.80 bits per heavy atom. The molecule has 0 aliphatic carbocycles. The van der Waals surface area contributed by atoms with Crippen LogP contribution in [0.4, 0.5) is 10.1 Å². The van der Waals surface area contributed by atoms with Gasteiger partial charge in [-0.05, 0) is 19.1 Å². The van der Waals surface area contributed by atoms with Crippen LogP contribution in [-0.2, 0) is 6.54 Å². The van der Waals surface area contributed by atoms with Crippen LogP contribution in [0.25, 0.3) is 0 Å². The maximum atomic E-state index is 13.5. The molecule has 0 spiro atoms. The molecule has 0 bridgehead atoms. The van der Waals surface area contributed by atoms with Crippen molar-refractivity contribution in [1.29, 1.82) is 0 Å². The first-order chi connectivity index (χ1) is 9.52. The molecule has 0 saturated heterocycles. The molecule has 104 valence electrons. The highest BCUT2D eigenvalue weighted by atomic mass is 19.1. The topological polar surface area (TPSA) is 71.3 Å². The molecule has 1 amide bonds. The molecule has 0 radical (unpaired) electrons. The fourth-order valence-electron chi connectivity index (χ4n) is 1.74. The van der Waals surface area contributed by atoms with Crippen molar-refractivity contribution in [2.45, 2.75) is 13.5 Å². The average Bonchev–Trinajstić information content (AvgIpc) is 2.41. The van der Waals surface area contributed by atoms with E-state index in [2.05, 4.69) is 5.32 Å². The highest BCUT2D eigenvalue weighted by molar-refractivity contribution is 6.06. The summed E-state index contributed by atoms with van der Waals surface area (Å²) in [6.07, 6.45) is 3.04. The lowest BCUT2D eigenvalue weighted by Crippen LogP contribution is -2.20. The van der Waals surface area contributed by atoms with Gasteiger partial charge in [0, 0.05) is 25.0 Å². The van der Waals surface area contributed by atoms with Crippen molar-refractivity contribution < 1.29 is 14.3 Å². The van der Waals surface area contributed by atoms with Gasteiger partial charge in [-0.2, -0.15) is 0 Å². The molecule has 0 atom stereocenters. The number of nitrogens with zero attached hydrogens (tertiary/aromatic N) is 1. The zero-order valence-electron chi connectivity index (χ0n) is 10.8. The van der Waals surface area contributed by atoms with E-state index in [1.807, 2.05) is 6.92 Å². The number of carbonyl (C=O) groups excluding carboxylic acids is 1. The van der Waals surface area contributed by atoms with Gasteiger partial charge in [0.25, 0.3) is 5.91 Å². The Morgan fingerprint density at radius 2 is 2.15 bits per heavy atom. The number of hydrogen-bond donors (Lipinski definition) is 2. The molecule has 5 nitrogen and oxygen atoms in total. The van der Waals surface area contributed by atoms with Gasteiger partial charge < -0.3 is 15.0 Å². The molecule has 0 saturated carbocycles. The number of phenolic OH excluding ortho intramolecular Hbond substituents is 1. The Balaban J connectivity index is 2.35. The van der Waals surface area contributed by atoms with Crippen LogP contribution in [0.3, 0.4) is 0 Å². The van der Waals surface area contributed by atoms with E-state index in [4.69, 9.17) is 0 Å². The highest BCUT2D eigenvalue weighted by Gasteiger charge is 2.17. The van der Waals surface area contributed by atoms with Gasteiger partial charge in [0.2, 0.25) is 5.43 Å². The van der Waals surface area contributed by atoms with Gasteiger partial charge in [-0.15, -0.1) is 0 Å². The monoisotopic (exact) mass is 276 g/mol. The number of benzene rings is 1. The van der Waals surface area contributed by atoms with Gasteiger partial charge in [0.15, 0.2) is 0 Å². The zero-order chi connectivity index (χ0) is 14.7. The van der Waals surface area contributed by atoms with Gasteiger partial charge in [-0.25, -0.2) is 4.39 Å². The molecule has 1 aromatic carbocycles. The van der Waals surface area contributed by atoms with Crippen LogP contribution in [0.2, 0.25) is 0 Å². The number of aryl methyl sites for hydroxylation is 1. The molecular formula is C14H13FN2O3. The van der Waals surface area contributed by atoms with Crippen molar-refractivity contribution in [1.82, 2.24) is 4.57 Å². The summed E-state index contributed by atoms with van der Waals surface area (Å²) in [5.41, 5.74) is -0.848. The first-order valence-corrected chi connectivity index (χ1v) is 6.02. The second-order valence-electron chi connectivity index (χ2n) is 4.14. The number of halogens is 1. The molecule has 6 heteroatoms. The molecule has 1 heterocycles. The minimum atomic E-state index is -0.869. The number of amides is 1. The van der Waals surface area contributed by atoms with Crippen LogP contribution in [0.1, 0.15) is 17.3 Å². The van der Waals surface area contributed by atoms with E-state index < -0.39 is 23.0 Å². The van der Waals surface area contributed by atoms with Gasteiger partial charge in [-0.1, -0.05) is 6.07 Å². The SMILES string of the molecule is CCn1ccc(=O)c(NC(=O)c2c(O)cccc2F)c1. The molecule has 20 heavy (non-hydrogen) atoms. The summed E-state index contributed by atoms with van der Waals surface area (Å²) in [5, 5.41) is 11.8. The number of rotatable bonds is 3. The molecule has 0 unspecified atom stereocenters. The molecule has 2 rings (SSSR count). The Hall–Kier alpha value is -2.63. The molecule has 0 aliphatic rings. The summed E-state index contributed by atoms with van der Waals surface area (Å²) in [6.45, 7) is 2.49. The predicted octanol–water partition coefficient (Wildman–Crippen LogP) is 1.97. The lowest BCUT2D eigenvalue weighted by atomic mass is 10.1. The van der Waals surface area contributed by atoms with Crippen LogP contribution in [-0.4, -0.2) is 15.6 Å². The van der Waals surface area contributed by atoms with Crippen molar-refractivity contribution in [2.24, 2.45) is 0 Å². The van der Waals surface area contributed by atoms with Gasteiger partial charge in [-0.3, -0.25) is 9.59 Å². The fraction of sp³-hybridized carbons (Fsp3) is 0.143. The number of pyridine rings is 1. The number of carbonyl (C=O) groups is 1. The van der Waals surface area contributed by atoms with Crippen LogP contribution in [0, 0.1) is 5.82 Å². The smallest absolute Gasteiger partial charge is 0.262 e. The minimum Gasteiger partial charge on any atom is -0.507 e. The van der Waals surface area contributed by atoms with E-state index in [0.717, 1.165) is 6.07 Å². The molecule has 1 aromatic heterocycles. The largest absolute Gasteiger partial charge is 0.507 e. The van der Waals surface area contributed by atoms with Crippen molar-refractivity contribution in [3.05, 3.63) is 58.3 Å². The number of phenols is 1. The number of nitrogens with one attached hydrogen (secondary N) is 1. The summed E-state index contributed by atoms with van der Waals surface area (Å²) in [4.78, 5) is 23.6. The second kappa shape index (κ2) is 5.56. The van der Waals surface area contributed by atoms with E-state index in [-0.39, 0.29) is 11.1 Å². The molecule has 2 N–H and O–H groups in total. The van der Waals surface area contributed by atoms with E-state index >= 15 is 0 Å².